The number of amidine groups is 1. The number of aliphatic imine (C=N–C) groups is 1. The molecule has 0 radical (unpaired) electrons. The Balaban J connectivity index is 1.76. The molecule has 1 aromatic carbocycles. The maximum atomic E-state index is 4.51. The van der Waals surface area contributed by atoms with E-state index in [0.29, 0.717) is 5.92 Å². The SMILES string of the molecule is CC1CN=C(Nc2ccc3c(c2)CCC3)C1. The quantitative estimate of drug-likeness (QED) is 0.763. The second-order valence-corrected chi connectivity index (χ2v) is 5.06. The summed E-state index contributed by atoms with van der Waals surface area (Å²) in [5, 5.41) is 3.45. The molecule has 0 aromatic heterocycles. The lowest BCUT2D eigenvalue weighted by Gasteiger charge is -2.08. The Kier molecular flexibility index (Phi) is 2.43. The summed E-state index contributed by atoms with van der Waals surface area (Å²) in [4.78, 5) is 4.51. The van der Waals surface area contributed by atoms with E-state index in [0.717, 1.165) is 18.8 Å². The van der Waals surface area contributed by atoms with Crippen LogP contribution in [0.1, 0.15) is 30.9 Å². The Bertz CT molecular complexity index is 434. The molecule has 1 aliphatic carbocycles. The summed E-state index contributed by atoms with van der Waals surface area (Å²) in [6.07, 6.45) is 4.91. The first kappa shape index (κ1) is 9.88. The van der Waals surface area contributed by atoms with Gasteiger partial charge in [0.1, 0.15) is 5.84 Å². The Morgan fingerprint density at radius 1 is 1.25 bits per heavy atom. The molecule has 0 fully saturated rings. The molecule has 0 spiro atoms. The van der Waals surface area contributed by atoms with E-state index in [1.165, 1.54) is 36.1 Å². The Hall–Kier alpha value is -1.31. The molecule has 1 aliphatic heterocycles. The average Bonchev–Trinajstić information content (AvgIpc) is 2.87. The first-order chi connectivity index (χ1) is 7.81. The molecule has 1 atom stereocenters. The zero-order valence-electron chi connectivity index (χ0n) is 9.79. The van der Waals surface area contributed by atoms with Crippen molar-refractivity contribution in [2.75, 3.05) is 11.9 Å². The normalized spacial score (nSPS) is 23.1. The Labute approximate surface area is 96.8 Å². The maximum Gasteiger partial charge on any atom is 0.101 e. The van der Waals surface area contributed by atoms with Crippen LogP contribution in [0.5, 0.6) is 0 Å². The van der Waals surface area contributed by atoms with Crippen molar-refractivity contribution in [2.24, 2.45) is 10.9 Å². The number of benzene rings is 1. The van der Waals surface area contributed by atoms with Crippen molar-refractivity contribution in [3.8, 4) is 0 Å². The van der Waals surface area contributed by atoms with Crippen LogP contribution in [0.2, 0.25) is 0 Å². The summed E-state index contributed by atoms with van der Waals surface area (Å²) in [6, 6.07) is 6.76. The van der Waals surface area contributed by atoms with Gasteiger partial charge in [-0.05, 0) is 48.4 Å². The van der Waals surface area contributed by atoms with Crippen LogP contribution in [0.4, 0.5) is 5.69 Å². The van der Waals surface area contributed by atoms with Crippen LogP contribution >= 0.6 is 0 Å². The van der Waals surface area contributed by atoms with Gasteiger partial charge in [0.05, 0.1) is 0 Å². The first-order valence-electron chi connectivity index (χ1n) is 6.23. The standard InChI is InChI=1S/C14H18N2/c1-10-7-14(15-9-10)16-13-6-5-11-3-2-4-12(11)8-13/h5-6,8,10H,2-4,7,9H2,1H3,(H,15,16). The van der Waals surface area contributed by atoms with E-state index in [-0.39, 0.29) is 0 Å². The van der Waals surface area contributed by atoms with E-state index in [4.69, 9.17) is 0 Å². The molecule has 0 amide bonds. The fourth-order valence-corrected chi connectivity index (χ4v) is 2.63. The number of nitrogens with one attached hydrogen (secondary N) is 1. The van der Waals surface area contributed by atoms with Gasteiger partial charge in [-0.3, -0.25) is 4.99 Å². The highest BCUT2D eigenvalue weighted by Crippen LogP contribution is 2.25. The molecule has 84 valence electrons. The van der Waals surface area contributed by atoms with Crippen molar-refractivity contribution in [2.45, 2.75) is 32.6 Å². The molecule has 1 N–H and O–H groups in total. The molecule has 1 unspecified atom stereocenters. The number of fused-ring (bicyclic) bond motifs is 1. The van der Waals surface area contributed by atoms with Crippen molar-refractivity contribution in [1.29, 1.82) is 0 Å². The molecule has 1 aromatic rings. The van der Waals surface area contributed by atoms with Crippen LogP contribution in [-0.4, -0.2) is 12.4 Å². The Morgan fingerprint density at radius 2 is 2.12 bits per heavy atom. The number of rotatable bonds is 1. The van der Waals surface area contributed by atoms with Crippen LogP contribution in [0.3, 0.4) is 0 Å². The van der Waals surface area contributed by atoms with Crippen LogP contribution in [0.15, 0.2) is 23.2 Å². The molecular weight excluding hydrogens is 196 g/mol. The van der Waals surface area contributed by atoms with Crippen molar-refractivity contribution in [3.05, 3.63) is 29.3 Å². The van der Waals surface area contributed by atoms with E-state index >= 15 is 0 Å². The number of nitrogens with zero attached hydrogens (tertiary/aromatic N) is 1. The molecule has 3 rings (SSSR count). The van der Waals surface area contributed by atoms with Gasteiger partial charge in [0.2, 0.25) is 0 Å². The number of hydrogen-bond acceptors (Lipinski definition) is 2. The van der Waals surface area contributed by atoms with Gasteiger partial charge >= 0.3 is 0 Å². The highest BCUT2D eigenvalue weighted by molar-refractivity contribution is 5.96. The molecule has 1 heterocycles. The van der Waals surface area contributed by atoms with Crippen LogP contribution in [-0.2, 0) is 12.8 Å². The summed E-state index contributed by atoms with van der Waals surface area (Å²) < 4.78 is 0. The number of hydrogen-bond donors (Lipinski definition) is 1. The Morgan fingerprint density at radius 3 is 2.94 bits per heavy atom. The maximum absolute atomic E-state index is 4.51. The van der Waals surface area contributed by atoms with Gasteiger partial charge in [-0.25, -0.2) is 0 Å². The second kappa shape index (κ2) is 3.93. The van der Waals surface area contributed by atoms with Crippen molar-refractivity contribution in [1.82, 2.24) is 0 Å². The number of anilines is 1. The molecular formula is C14H18N2. The van der Waals surface area contributed by atoms with E-state index in [2.05, 4.69) is 35.4 Å². The fourth-order valence-electron chi connectivity index (χ4n) is 2.63. The highest BCUT2D eigenvalue weighted by Gasteiger charge is 2.15. The van der Waals surface area contributed by atoms with E-state index in [9.17, 15) is 0 Å². The predicted octanol–water partition coefficient (Wildman–Crippen LogP) is 3.03. The van der Waals surface area contributed by atoms with Crippen LogP contribution in [0.25, 0.3) is 0 Å². The lowest BCUT2D eigenvalue weighted by Crippen LogP contribution is -2.10. The lowest BCUT2D eigenvalue weighted by molar-refractivity contribution is 0.664. The molecule has 0 saturated carbocycles. The van der Waals surface area contributed by atoms with Gasteiger partial charge in [0, 0.05) is 18.7 Å². The van der Waals surface area contributed by atoms with Gasteiger partial charge in [0.25, 0.3) is 0 Å². The topological polar surface area (TPSA) is 24.4 Å². The lowest BCUT2D eigenvalue weighted by atomic mass is 10.1. The largest absolute Gasteiger partial charge is 0.344 e. The van der Waals surface area contributed by atoms with E-state index < -0.39 is 0 Å². The smallest absolute Gasteiger partial charge is 0.101 e. The summed E-state index contributed by atoms with van der Waals surface area (Å²) >= 11 is 0. The minimum absolute atomic E-state index is 0.705. The number of aryl methyl sites for hydroxylation is 2. The van der Waals surface area contributed by atoms with Gasteiger partial charge in [-0.2, -0.15) is 0 Å². The van der Waals surface area contributed by atoms with Crippen molar-refractivity contribution >= 4 is 11.5 Å². The van der Waals surface area contributed by atoms with E-state index in [1.54, 1.807) is 0 Å². The van der Waals surface area contributed by atoms with Crippen LogP contribution in [0, 0.1) is 5.92 Å². The fraction of sp³-hybridized carbons (Fsp3) is 0.500. The summed E-state index contributed by atoms with van der Waals surface area (Å²) in [6.45, 7) is 3.23. The minimum Gasteiger partial charge on any atom is -0.344 e. The molecule has 2 nitrogen and oxygen atoms in total. The minimum atomic E-state index is 0.705. The monoisotopic (exact) mass is 214 g/mol. The third-order valence-electron chi connectivity index (χ3n) is 3.52. The molecule has 0 bridgehead atoms. The van der Waals surface area contributed by atoms with E-state index in [1.807, 2.05) is 0 Å². The van der Waals surface area contributed by atoms with Crippen molar-refractivity contribution < 1.29 is 0 Å². The zero-order valence-corrected chi connectivity index (χ0v) is 9.79. The van der Waals surface area contributed by atoms with Crippen molar-refractivity contribution in [3.63, 3.8) is 0 Å². The summed E-state index contributed by atoms with van der Waals surface area (Å²) in [7, 11) is 0. The van der Waals surface area contributed by atoms with Crippen LogP contribution < -0.4 is 5.32 Å². The average molecular weight is 214 g/mol. The summed E-state index contributed by atoms with van der Waals surface area (Å²) in [5.74, 6) is 1.86. The molecule has 2 aliphatic rings. The predicted molar refractivity (Wildman–Crippen MR) is 68.2 cm³/mol. The van der Waals surface area contributed by atoms with Gasteiger partial charge in [-0.15, -0.1) is 0 Å². The third-order valence-corrected chi connectivity index (χ3v) is 3.52. The highest BCUT2D eigenvalue weighted by atomic mass is 15.0. The summed E-state index contributed by atoms with van der Waals surface area (Å²) in [5.41, 5.74) is 4.28. The first-order valence-corrected chi connectivity index (χ1v) is 6.23. The van der Waals surface area contributed by atoms with Gasteiger partial charge < -0.3 is 5.32 Å². The van der Waals surface area contributed by atoms with Gasteiger partial charge in [-0.1, -0.05) is 13.0 Å². The second-order valence-electron chi connectivity index (χ2n) is 5.06. The zero-order chi connectivity index (χ0) is 11.0. The third kappa shape index (κ3) is 1.84. The molecule has 2 heteroatoms. The van der Waals surface area contributed by atoms with Gasteiger partial charge in [0.15, 0.2) is 0 Å². The molecule has 0 saturated heterocycles. The molecule has 16 heavy (non-hydrogen) atoms.